The number of hydrogen-bond acceptors (Lipinski definition) is 2. The second-order valence-electron chi connectivity index (χ2n) is 6.34. The first-order chi connectivity index (χ1) is 13.9. The van der Waals surface area contributed by atoms with Crippen LogP contribution in [0.5, 0.6) is 0 Å². The number of anilines is 1. The number of carbonyl (C=O) groups is 2. The van der Waals surface area contributed by atoms with Crippen LogP contribution in [0.1, 0.15) is 15.9 Å². The van der Waals surface area contributed by atoms with Crippen molar-refractivity contribution in [2.24, 2.45) is 0 Å². The van der Waals surface area contributed by atoms with Crippen LogP contribution in [-0.2, 0) is 11.2 Å². The Morgan fingerprint density at radius 1 is 0.931 bits per heavy atom. The Bertz CT molecular complexity index is 1010. The van der Waals surface area contributed by atoms with Crippen molar-refractivity contribution in [3.05, 3.63) is 99.8 Å². The summed E-state index contributed by atoms with van der Waals surface area (Å²) in [6, 6.07) is 18.2. The molecule has 4 nitrogen and oxygen atoms in total. The molecule has 0 aromatic heterocycles. The number of hydrogen-bond donors (Lipinski definition) is 2. The maximum Gasteiger partial charge on any atom is 0.251 e. The predicted octanol–water partition coefficient (Wildman–Crippen LogP) is 5.11. The van der Waals surface area contributed by atoms with Crippen LogP contribution in [0.2, 0.25) is 10.0 Å². The molecule has 3 rings (SSSR count). The Kier molecular flexibility index (Phi) is 6.86. The highest BCUT2D eigenvalue weighted by molar-refractivity contribution is 6.36. The average molecular weight is 431 g/mol. The van der Waals surface area contributed by atoms with Gasteiger partial charge in [-0.25, -0.2) is 4.39 Å². The average Bonchev–Trinajstić information content (AvgIpc) is 2.70. The molecule has 0 fully saturated rings. The van der Waals surface area contributed by atoms with Crippen LogP contribution in [0, 0.1) is 5.82 Å². The molecule has 1 unspecified atom stereocenters. The van der Waals surface area contributed by atoms with Gasteiger partial charge in [-0.15, -0.1) is 0 Å². The molecule has 0 bridgehead atoms. The zero-order valence-electron chi connectivity index (χ0n) is 15.2. The number of halogens is 3. The summed E-state index contributed by atoms with van der Waals surface area (Å²) in [7, 11) is 0. The fourth-order valence-electron chi connectivity index (χ4n) is 2.71. The molecule has 0 aliphatic carbocycles. The number of nitrogens with one attached hydrogen (secondary N) is 2. The minimum absolute atomic E-state index is 0.252. The van der Waals surface area contributed by atoms with E-state index in [0.29, 0.717) is 10.7 Å². The summed E-state index contributed by atoms with van der Waals surface area (Å²) in [4.78, 5) is 25.5. The lowest BCUT2D eigenvalue weighted by Gasteiger charge is -2.19. The van der Waals surface area contributed by atoms with Crippen LogP contribution in [0.25, 0.3) is 0 Å². The molecule has 29 heavy (non-hydrogen) atoms. The number of amides is 2. The molecule has 7 heteroatoms. The maximum atomic E-state index is 13.1. The van der Waals surface area contributed by atoms with Crippen molar-refractivity contribution >= 4 is 40.7 Å². The van der Waals surface area contributed by atoms with Crippen molar-refractivity contribution in [2.45, 2.75) is 12.5 Å². The SMILES string of the molecule is O=C(NC(Cc1ccccc1)C(=O)Nc1ccc(Cl)cc1Cl)c1ccc(F)cc1. The third kappa shape index (κ3) is 5.79. The van der Waals surface area contributed by atoms with Gasteiger partial charge in [-0.3, -0.25) is 9.59 Å². The van der Waals surface area contributed by atoms with Crippen LogP contribution in [0.4, 0.5) is 10.1 Å². The first-order valence-electron chi connectivity index (χ1n) is 8.78. The fraction of sp³-hybridized carbons (Fsp3) is 0.0909. The first-order valence-corrected chi connectivity index (χ1v) is 9.54. The van der Waals surface area contributed by atoms with Gasteiger partial charge >= 0.3 is 0 Å². The molecular formula is C22H17Cl2FN2O2. The summed E-state index contributed by atoms with van der Waals surface area (Å²) in [5, 5.41) is 6.16. The molecule has 2 N–H and O–H groups in total. The van der Waals surface area contributed by atoms with E-state index >= 15 is 0 Å². The summed E-state index contributed by atoms with van der Waals surface area (Å²) in [6.07, 6.45) is 0.269. The van der Waals surface area contributed by atoms with E-state index in [1.165, 1.54) is 30.3 Å². The highest BCUT2D eigenvalue weighted by Gasteiger charge is 2.23. The highest BCUT2D eigenvalue weighted by Crippen LogP contribution is 2.25. The Hall–Kier alpha value is -2.89. The van der Waals surface area contributed by atoms with Crippen molar-refractivity contribution in [3.63, 3.8) is 0 Å². The normalized spacial score (nSPS) is 11.6. The topological polar surface area (TPSA) is 58.2 Å². The standard InChI is InChI=1S/C22H17Cl2FN2O2/c23-16-8-11-19(18(24)13-16)26-22(29)20(12-14-4-2-1-3-5-14)27-21(28)15-6-9-17(25)10-7-15/h1-11,13,20H,12H2,(H,26,29)(H,27,28). The third-order valence-corrected chi connectivity index (χ3v) is 4.75. The van der Waals surface area contributed by atoms with Gasteiger partial charge in [-0.2, -0.15) is 0 Å². The van der Waals surface area contributed by atoms with Gasteiger partial charge in [-0.05, 0) is 48.0 Å². The van der Waals surface area contributed by atoms with E-state index in [1.54, 1.807) is 12.1 Å². The molecule has 0 spiro atoms. The Morgan fingerprint density at radius 3 is 2.28 bits per heavy atom. The van der Waals surface area contributed by atoms with Crippen molar-refractivity contribution in [3.8, 4) is 0 Å². The summed E-state index contributed by atoms with van der Waals surface area (Å²) < 4.78 is 13.1. The first kappa shape index (κ1) is 20.8. The summed E-state index contributed by atoms with van der Waals surface area (Å²) >= 11 is 12.0. The lowest BCUT2D eigenvalue weighted by atomic mass is 10.0. The molecular weight excluding hydrogens is 414 g/mol. The van der Waals surface area contributed by atoms with E-state index in [2.05, 4.69) is 10.6 Å². The van der Waals surface area contributed by atoms with Crippen LogP contribution >= 0.6 is 23.2 Å². The molecule has 2 amide bonds. The number of rotatable bonds is 6. The quantitative estimate of drug-likeness (QED) is 0.570. The fourth-order valence-corrected chi connectivity index (χ4v) is 3.17. The second-order valence-corrected chi connectivity index (χ2v) is 7.18. The molecule has 0 saturated carbocycles. The van der Waals surface area contributed by atoms with Crippen molar-refractivity contribution in [1.29, 1.82) is 0 Å². The molecule has 0 saturated heterocycles. The van der Waals surface area contributed by atoms with Crippen LogP contribution in [0.3, 0.4) is 0 Å². The van der Waals surface area contributed by atoms with Crippen LogP contribution < -0.4 is 10.6 Å². The Morgan fingerprint density at radius 2 is 1.62 bits per heavy atom. The molecule has 3 aromatic carbocycles. The number of benzene rings is 3. The van der Waals surface area contributed by atoms with Gasteiger partial charge in [0.05, 0.1) is 10.7 Å². The van der Waals surface area contributed by atoms with Gasteiger partial charge in [0.25, 0.3) is 5.91 Å². The van der Waals surface area contributed by atoms with Crippen molar-refractivity contribution in [1.82, 2.24) is 5.32 Å². The highest BCUT2D eigenvalue weighted by atomic mass is 35.5. The predicted molar refractivity (Wildman–Crippen MR) is 113 cm³/mol. The molecule has 0 aliphatic heterocycles. The zero-order chi connectivity index (χ0) is 20.8. The minimum atomic E-state index is -0.873. The van der Waals surface area contributed by atoms with E-state index in [0.717, 1.165) is 5.56 Å². The molecule has 0 radical (unpaired) electrons. The van der Waals surface area contributed by atoms with Gasteiger partial charge < -0.3 is 10.6 Å². The molecule has 148 valence electrons. The molecule has 1 atom stereocenters. The van der Waals surface area contributed by atoms with Crippen LogP contribution in [-0.4, -0.2) is 17.9 Å². The Labute approximate surface area is 177 Å². The second kappa shape index (κ2) is 9.54. The third-order valence-electron chi connectivity index (χ3n) is 4.20. The molecule has 0 aliphatic rings. The lowest BCUT2D eigenvalue weighted by Crippen LogP contribution is -2.45. The maximum absolute atomic E-state index is 13.1. The van der Waals surface area contributed by atoms with E-state index in [1.807, 2.05) is 30.3 Å². The van der Waals surface area contributed by atoms with E-state index < -0.39 is 23.7 Å². The monoisotopic (exact) mass is 430 g/mol. The van der Waals surface area contributed by atoms with Gasteiger partial charge in [0.2, 0.25) is 5.91 Å². The van der Waals surface area contributed by atoms with E-state index in [9.17, 15) is 14.0 Å². The lowest BCUT2D eigenvalue weighted by molar-refractivity contribution is -0.118. The van der Waals surface area contributed by atoms with Crippen molar-refractivity contribution < 1.29 is 14.0 Å². The van der Waals surface area contributed by atoms with Gasteiger partial charge in [0.1, 0.15) is 11.9 Å². The summed E-state index contributed by atoms with van der Waals surface area (Å²) in [5.74, 6) is -1.37. The van der Waals surface area contributed by atoms with Gasteiger partial charge in [0.15, 0.2) is 0 Å². The summed E-state index contributed by atoms with van der Waals surface area (Å²) in [6.45, 7) is 0. The van der Waals surface area contributed by atoms with Crippen molar-refractivity contribution in [2.75, 3.05) is 5.32 Å². The zero-order valence-corrected chi connectivity index (χ0v) is 16.7. The smallest absolute Gasteiger partial charge is 0.251 e. The largest absolute Gasteiger partial charge is 0.340 e. The number of carbonyl (C=O) groups excluding carboxylic acids is 2. The summed E-state index contributed by atoms with van der Waals surface area (Å²) in [5.41, 5.74) is 1.51. The van der Waals surface area contributed by atoms with Crippen LogP contribution in [0.15, 0.2) is 72.8 Å². The molecule has 3 aromatic rings. The minimum Gasteiger partial charge on any atom is -0.340 e. The Balaban J connectivity index is 1.80. The van der Waals surface area contributed by atoms with Gasteiger partial charge in [0, 0.05) is 17.0 Å². The van der Waals surface area contributed by atoms with Gasteiger partial charge in [-0.1, -0.05) is 53.5 Å². The van der Waals surface area contributed by atoms with E-state index in [4.69, 9.17) is 23.2 Å². The molecule has 0 heterocycles. The van der Waals surface area contributed by atoms with E-state index in [-0.39, 0.29) is 17.0 Å².